The maximum absolute atomic E-state index is 11.8. The van der Waals surface area contributed by atoms with E-state index in [2.05, 4.69) is 39.0 Å². The van der Waals surface area contributed by atoms with Crippen molar-refractivity contribution >= 4 is 38.5 Å². The van der Waals surface area contributed by atoms with Gasteiger partial charge in [0.2, 0.25) is 5.71 Å². The summed E-state index contributed by atoms with van der Waals surface area (Å²) >= 11 is 3.77. The predicted molar refractivity (Wildman–Crippen MR) is 119 cm³/mol. The number of aromatic nitrogens is 4. The first-order valence-electron chi connectivity index (χ1n) is 10.3. The number of pyridine rings is 1. The van der Waals surface area contributed by atoms with Crippen LogP contribution in [0, 0.1) is 19.8 Å². The smallest absolute Gasteiger partial charge is 0.226 e. The van der Waals surface area contributed by atoms with Crippen LogP contribution in [0.1, 0.15) is 55.7 Å². The van der Waals surface area contributed by atoms with Gasteiger partial charge in [0, 0.05) is 34.5 Å². The van der Waals surface area contributed by atoms with E-state index >= 15 is 0 Å². The highest BCUT2D eigenvalue weighted by Gasteiger charge is 2.28. The molecule has 0 atom stereocenters. The second-order valence-corrected chi connectivity index (χ2v) is 9.12. The minimum atomic E-state index is 0.201. The summed E-state index contributed by atoms with van der Waals surface area (Å²) in [5.74, 6) is 1.70. The average Bonchev–Trinajstić information content (AvgIpc) is 3.32. The van der Waals surface area contributed by atoms with E-state index in [0.29, 0.717) is 17.4 Å². The Morgan fingerprint density at radius 1 is 1.17 bits per heavy atom. The molecule has 0 N–H and O–H groups in total. The highest BCUT2D eigenvalue weighted by Crippen LogP contribution is 2.40. The molecule has 0 amide bonds. The standard InChI is InChI=1S/C23H23BrN4O2/c1-12-8-17-9-18(10-25-23(17)30-12)19-11-26-28-13(2)20(24)21(27-22(19)28)16-6-4-15(5-7-16)14(3)29/h8-11,15-16H,4-7H2,1-3H3. The lowest BCUT2D eigenvalue weighted by Gasteiger charge is -2.27. The van der Waals surface area contributed by atoms with Crippen LogP contribution in [0.4, 0.5) is 0 Å². The fraction of sp³-hybridized carbons (Fsp3) is 0.391. The molecule has 1 aliphatic carbocycles. The van der Waals surface area contributed by atoms with Gasteiger partial charge in [-0.3, -0.25) is 4.79 Å². The topological polar surface area (TPSA) is 73.3 Å². The fourth-order valence-electron chi connectivity index (χ4n) is 4.59. The molecule has 1 fully saturated rings. The minimum Gasteiger partial charge on any atom is -0.443 e. The van der Waals surface area contributed by atoms with Gasteiger partial charge in [-0.25, -0.2) is 14.5 Å². The summed E-state index contributed by atoms with van der Waals surface area (Å²) in [7, 11) is 0. The summed E-state index contributed by atoms with van der Waals surface area (Å²) in [6, 6.07) is 4.07. The molecule has 4 aromatic heterocycles. The third-order valence-electron chi connectivity index (χ3n) is 6.33. The van der Waals surface area contributed by atoms with Crippen molar-refractivity contribution in [1.82, 2.24) is 19.6 Å². The van der Waals surface area contributed by atoms with E-state index in [9.17, 15) is 4.79 Å². The predicted octanol–water partition coefficient (Wildman–Crippen LogP) is 5.78. The first-order chi connectivity index (χ1) is 14.4. The number of rotatable bonds is 3. The molecule has 0 spiro atoms. The van der Waals surface area contributed by atoms with Crippen molar-refractivity contribution in [2.45, 2.75) is 52.4 Å². The lowest BCUT2D eigenvalue weighted by molar-refractivity contribution is -0.121. The van der Waals surface area contributed by atoms with Gasteiger partial charge in [-0.15, -0.1) is 0 Å². The number of carbonyl (C=O) groups excluding carboxylic acids is 1. The van der Waals surface area contributed by atoms with Crippen molar-refractivity contribution in [3.05, 3.63) is 46.1 Å². The number of aryl methyl sites for hydroxylation is 2. The van der Waals surface area contributed by atoms with Crippen molar-refractivity contribution < 1.29 is 9.21 Å². The van der Waals surface area contributed by atoms with E-state index in [1.165, 1.54) is 0 Å². The van der Waals surface area contributed by atoms with Crippen LogP contribution in [0.5, 0.6) is 0 Å². The van der Waals surface area contributed by atoms with Crippen molar-refractivity contribution in [2.75, 3.05) is 0 Å². The minimum absolute atomic E-state index is 0.201. The largest absolute Gasteiger partial charge is 0.443 e. The van der Waals surface area contributed by atoms with E-state index in [1.54, 1.807) is 6.92 Å². The van der Waals surface area contributed by atoms with E-state index in [1.807, 2.05) is 29.9 Å². The molecule has 1 saturated carbocycles. The molecule has 154 valence electrons. The van der Waals surface area contributed by atoms with Gasteiger partial charge >= 0.3 is 0 Å². The van der Waals surface area contributed by atoms with Crippen LogP contribution in [0.2, 0.25) is 0 Å². The quantitative estimate of drug-likeness (QED) is 0.382. The van der Waals surface area contributed by atoms with Gasteiger partial charge in [0.25, 0.3) is 0 Å². The average molecular weight is 467 g/mol. The normalized spacial score (nSPS) is 19.6. The molecule has 0 saturated heterocycles. The molecule has 4 heterocycles. The number of hydrogen-bond acceptors (Lipinski definition) is 5. The third-order valence-corrected chi connectivity index (χ3v) is 7.31. The molecular formula is C23H23BrN4O2. The fourth-order valence-corrected chi connectivity index (χ4v) is 5.17. The SMILES string of the molecule is CC(=O)C1CCC(c2nc3c(-c4cnc5oc(C)cc5c4)cnn3c(C)c2Br)CC1. The number of hydrogen-bond donors (Lipinski definition) is 0. The van der Waals surface area contributed by atoms with Gasteiger partial charge in [-0.1, -0.05) is 0 Å². The van der Waals surface area contributed by atoms with E-state index < -0.39 is 0 Å². The first-order valence-corrected chi connectivity index (χ1v) is 11.1. The summed E-state index contributed by atoms with van der Waals surface area (Å²) in [6.07, 6.45) is 7.51. The van der Waals surface area contributed by atoms with Crippen LogP contribution in [0.3, 0.4) is 0 Å². The Labute approximate surface area is 182 Å². The van der Waals surface area contributed by atoms with E-state index in [0.717, 1.165) is 69.5 Å². The molecule has 4 aromatic rings. The summed E-state index contributed by atoms with van der Waals surface area (Å²) < 4.78 is 8.50. The monoisotopic (exact) mass is 466 g/mol. The first kappa shape index (κ1) is 19.4. The second kappa shape index (κ2) is 7.30. The molecule has 0 aliphatic heterocycles. The third kappa shape index (κ3) is 3.16. The molecular weight excluding hydrogens is 444 g/mol. The number of fused-ring (bicyclic) bond motifs is 2. The number of nitrogens with zero attached hydrogens (tertiary/aromatic N) is 4. The van der Waals surface area contributed by atoms with Gasteiger partial charge in [0.1, 0.15) is 11.5 Å². The highest BCUT2D eigenvalue weighted by molar-refractivity contribution is 9.10. The van der Waals surface area contributed by atoms with E-state index in [-0.39, 0.29) is 5.92 Å². The maximum Gasteiger partial charge on any atom is 0.226 e. The van der Waals surface area contributed by atoms with Crippen molar-refractivity contribution in [3.8, 4) is 11.1 Å². The zero-order valence-corrected chi connectivity index (χ0v) is 18.9. The van der Waals surface area contributed by atoms with Gasteiger partial charge < -0.3 is 4.42 Å². The second-order valence-electron chi connectivity index (χ2n) is 8.32. The molecule has 0 unspecified atom stereocenters. The Kier molecular flexibility index (Phi) is 4.73. The van der Waals surface area contributed by atoms with Crippen LogP contribution in [0.15, 0.2) is 33.4 Å². The number of carbonyl (C=O) groups is 1. The van der Waals surface area contributed by atoms with Gasteiger partial charge in [-0.05, 0) is 74.5 Å². The molecule has 0 aromatic carbocycles. The van der Waals surface area contributed by atoms with Crippen molar-refractivity contribution in [1.29, 1.82) is 0 Å². The molecule has 30 heavy (non-hydrogen) atoms. The van der Waals surface area contributed by atoms with Crippen molar-refractivity contribution in [3.63, 3.8) is 0 Å². The lowest BCUT2D eigenvalue weighted by atomic mass is 9.79. The molecule has 5 rings (SSSR count). The molecule has 7 heteroatoms. The Balaban J connectivity index is 1.58. The number of furan rings is 1. The Hall–Kier alpha value is -2.54. The van der Waals surface area contributed by atoms with Crippen LogP contribution in [-0.4, -0.2) is 25.4 Å². The molecule has 0 bridgehead atoms. The molecule has 1 aliphatic rings. The summed E-state index contributed by atoms with van der Waals surface area (Å²) in [6.45, 7) is 5.69. The molecule has 6 nitrogen and oxygen atoms in total. The Morgan fingerprint density at radius 2 is 1.93 bits per heavy atom. The van der Waals surface area contributed by atoms with Crippen LogP contribution >= 0.6 is 15.9 Å². The Morgan fingerprint density at radius 3 is 2.67 bits per heavy atom. The van der Waals surface area contributed by atoms with Crippen molar-refractivity contribution in [2.24, 2.45) is 5.92 Å². The zero-order chi connectivity index (χ0) is 21.0. The lowest BCUT2D eigenvalue weighted by Crippen LogP contribution is -2.20. The molecule has 0 radical (unpaired) electrons. The van der Waals surface area contributed by atoms with Crippen LogP contribution in [0.25, 0.3) is 27.9 Å². The summed E-state index contributed by atoms with van der Waals surface area (Å²) in [5.41, 5.74) is 5.50. The zero-order valence-electron chi connectivity index (χ0n) is 17.3. The van der Waals surface area contributed by atoms with Crippen LogP contribution < -0.4 is 0 Å². The number of ketones is 1. The summed E-state index contributed by atoms with van der Waals surface area (Å²) in [5, 5.41) is 5.56. The number of halogens is 1. The van der Waals surface area contributed by atoms with Gasteiger partial charge in [-0.2, -0.15) is 5.10 Å². The summed E-state index contributed by atoms with van der Waals surface area (Å²) in [4.78, 5) is 21.3. The van der Waals surface area contributed by atoms with E-state index in [4.69, 9.17) is 9.40 Å². The highest BCUT2D eigenvalue weighted by atomic mass is 79.9. The van der Waals surface area contributed by atoms with Gasteiger partial charge in [0.05, 0.1) is 22.1 Å². The Bertz CT molecular complexity index is 1280. The van der Waals surface area contributed by atoms with Gasteiger partial charge in [0.15, 0.2) is 5.65 Å². The number of Topliss-reactive ketones (excluding diaryl/α,β-unsaturated/α-hetero) is 1. The van der Waals surface area contributed by atoms with Crippen LogP contribution in [-0.2, 0) is 4.79 Å². The maximum atomic E-state index is 11.8.